The SMILES string of the molecule is O=C1NC(=O)C(Cc2ccc(C(=O)CCc3coc(-c4ccccc4)n3)cc2)S1. The van der Waals surface area contributed by atoms with Crippen LogP contribution in [0.1, 0.15) is 28.0 Å². The minimum absolute atomic E-state index is 0.0176. The van der Waals surface area contributed by atoms with E-state index in [4.69, 9.17) is 4.42 Å². The number of Topliss-reactive ketones (excluding diaryl/α,β-unsaturated/α-hetero) is 1. The smallest absolute Gasteiger partial charge is 0.286 e. The molecule has 1 unspecified atom stereocenters. The van der Waals surface area contributed by atoms with Gasteiger partial charge in [0.2, 0.25) is 11.8 Å². The zero-order valence-corrected chi connectivity index (χ0v) is 16.3. The third-order valence-corrected chi connectivity index (χ3v) is 5.63. The molecular weight excluding hydrogens is 388 g/mol. The highest BCUT2D eigenvalue weighted by Gasteiger charge is 2.31. The van der Waals surface area contributed by atoms with E-state index in [1.54, 1.807) is 18.4 Å². The summed E-state index contributed by atoms with van der Waals surface area (Å²) in [5.74, 6) is 0.302. The first-order valence-electron chi connectivity index (χ1n) is 9.22. The molecular formula is C22H18N2O4S. The Balaban J connectivity index is 1.33. The number of ketones is 1. The van der Waals surface area contributed by atoms with Crippen LogP contribution in [0.25, 0.3) is 11.5 Å². The molecule has 146 valence electrons. The number of nitrogens with one attached hydrogen (secondary N) is 1. The van der Waals surface area contributed by atoms with Gasteiger partial charge in [-0.25, -0.2) is 4.98 Å². The van der Waals surface area contributed by atoms with Gasteiger partial charge < -0.3 is 4.42 Å². The topological polar surface area (TPSA) is 89.3 Å². The van der Waals surface area contributed by atoms with Crippen molar-refractivity contribution in [1.82, 2.24) is 10.3 Å². The highest BCUT2D eigenvalue weighted by Crippen LogP contribution is 2.23. The predicted molar refractivity (Wildman–Crippen MR) is 110 cm³/mol. The molecule has 29 heavy (non-hydrogen) atoms. The summed E-state index contributed by atoms with van der Waals surface area (Å²) in [6.07, 6.45) is 2.87. The third-order valence-electron chi connectivity index (χ3n) is 4.64. The van der Waals surface area contributed by atoms with E-state index in [0.717, 1.165) is 28.6 Å². The largest absolute Gasteiger partial charge is 0.444 e. The molecule has 1 saturated heterocycles. The summed E-state index contributed by atoms with van der Waals surface area (Å²) >= 11 is 1.00. The number of thioether (sulfide) groups is 1. The Labute approximate surface area is 171 Å². The Kier molecular flexibility index (Phi) is 5.57. The summed E-state index contributed by atoms with van der Waals surface area (Å²) in [7, 11) is 0. The van der Waals surface area contributed by atoms with E-state index < -0.39 is 5.25 Å². The van der Waals surface area contributed by atoms with Gasteiger partial charge in [0.15, 0.2) is 5.78 Å². The zero-order valence-electron chi connectivity index (χ0n) is 15.5. The molecule has 0 bridgehead atoms. The third kappa shape index (κ3) is 4.63. The van der Waals surface area contributed by atoms with E-state index in [0.29, 0.717) is 30.7 Å². The number of amides is 2. The molecule has 7 heteroatoms. The average molecular weight is 406 g/mol. The lowest BCUT2D eigenvalue weighted by molar-refractivity contribution is -0.118. The average Bonchev–Trinajstić information content (AvgIpc) is 3.33. The van der Waals surface area contributed by atoms with E-state index in [2.05, 4.69) is 10.3 Å². The van der Waals surface area contributed by atoms with Gasteiger partial charge in [-0.3, -0.25) is 19.7 Å². The van der Waals surface area contributed by atoms with Gasteiger partial charge >= 0.3 is 0 Å². The molecule has 0 aliphatic carbocycles. The first-order valence-corrected chi connectivity index (χ1v) is 10.1. The van der Waals surface area contributed by atoms with Crippen LogP contribution in [-0.2, 0) is 17.6 Å². The van der Waals surface area contributed by atoms with Gasteiger partial charge in [0.05, 0.1) is 10.9 Å². The number of aromatic nitrogens is 1. The van der Waals surface area contributed by atoms with Crippen LogP contribution in [0, 0.1) is 0 Å². The Hall–Kier alpha value is -3.19. The quantitative estimate of drug-likeness (QED) is 0.596. The Morgan fingerprint density at radius 1 is 1.07 bits per heavy atom. The Bertz CT molecular complexity index is 1040. The summed E-state index contributed by atoms with van der Waals surface area (Å²) in [5.41, 5.74) is 3.16. The second-order valence-electron chi connectivity index (χ2n) is 6.72. The van der Waals surface area contributed by atoms with Crippen LogP contribution in [0.4, 0.5) is 4.79 Å². The molecule has 2 heterocycles. The lowest BCUT2D eigenvalue weighted by Gasteiger charge is -2.06. The molecule has 6 nitrogen and oxygen atoms in total. The Morgan fingerprint density at radius 3 is 2.52 bits per heavy atom. The number of benzene rings is 2. The second-order valence-corrected chi connectivity index (χ2v) is 7.89. The minimum Gasteiger partial charge on any atom is -0.444 e. The maximum atomic E-state index is 12.5. The fourth-order valence-electron chi connectivity index (χ4n) is 3.09. The summed E-state index contributed by atoms with van der Waals surface area (Å²) in [4.78, 5) is 39.8. The Morgan fingerprint density at radius 2 is 1.83 bits per heavy atom. The highest BCUT2D eigenvalue weighted by atomic mass is 32.2. The number of imide groups is 1. The van der Waals surface area contributed by atoms with Crippen LogP contribution in [0.15, 0.2) is 65.3 Å². The normalized spacial score (nSPS) is 16.1. The van der Waals surface area contributed by atoms with E-state index >= 15 is 0 Å². The minimum atomic E-state index is -0.407. The van der Waals surface area contributed by atoms with Crippen molar-refractivity contribution in [1.29, 1.82) is 0 Å². The van der Waals surface area contributed by atoms with Crippen LogP contribution in [0.2, 0.25) is 0 Å². The van der Waals surface area contributed by atoms with Crippen LogP contribution >= 0.6 is 11.8 Å². The summed E-state index contributed by atoms with van der Waals surface area (Å²) in [5, 5.41) is 1.56. The van der Waals surface area contributed by atoms with E-state index in [1.165, 1.54) is 0 Å². The van der Waals surface area contributed by atoms with Crippen LogP contribution in [-0.4, -0.2) is 27.2 Å². The lowest BCUT2D eigenvalue weighted by atomic mass is 10.0. The van der Waals surface area contributed by atoms with Gasteiger partial charge in [-0.1, -0.05) is 54.2 Å². The number of rotatable bonds is 7. The monoisotopic (exact) mass is 406 g/mol. The summed E-state index contributed by atoms with van der Waals surface area (Å²) in [6, 6.07) is 16.8. The number of hydrogen-bond acceptors (Lipinski definition) is 6. The van der Waals surface area contributed by atoms with Crippen LogP contribution in [0.3, 0.4) is 0 Å². The molecule has 2 aromatic carbocycles. The molecule has 0 spiro atoms. The van der Waals surface area contributed by atoms with Crippen molar-refractivity contribution in [2.45, 2.75) is 24.5 Å². The maximum absolute atomic E-state index is 12.5. The van der Waals surface area contributed by atoms with Gasteiger partial charge in [0.1, 0.15) is 6.26 Å². The van der Waals surface area contributed by atoms with E-state index in [9.17, 15) is 14.4 Å². The molecule has 1 aromatic heterocycles. The summed E-state index contributed by atoms with van der Waals surface area (Å²) < 4.78 is 5.50. The lowest BCUT2D eigenvalue weighted by Crippen LogP contribution is -2.25. The van der Waals surface area contributed by atoms with Gasteiger partial charge in [-0.2, -0.15) is 0 Å². The van der Waals surface area contributed by atoms with E-state index in [-0.39, 0.29) is 16.9 Å². The maximum Gasteiger partial charge on any atom is 0.286 e. The number of carbonyl (C=O) groups is 3. The molecule has 1 aliphatic rings. The molecule has 0 saturated carbocycles. The molecule has 3 aromatic rings. The number of aryl methyl sites for hydroxylation is 1. The first kappa shape index (κ1) is 19.1. The van der Waals surface area contributed by atoms with Gasteiger partial charge in [0.25, 0.3) is 5.24 Å². The van der Waals surface area contributed by atoms with Crippen molar-refractivity contribution >= 4 is 28.7 Å². The van der Waals surface area contributed by atoms with Gasteiger partial charge in [0, 0.05) is 24.0 Å². The van der Waals surface area contributed by atoms with Gasteiger partial charge in [-0.15, -0.1) is 0 Å². The van der Waals surface area contributed by atoms with Crippen molar-refractivity contribution in [2.24, 2.45) is 0 Å². The van der Waals surface area contributed by atoms with Crippen LogP contribution in [0.5, 0.6) is 0 Å². The summed E-state index contributed by atoms with van der Waals surface area (Å²) in [6.45, 7) is 0. The number of hydrogen-bond donors (Lipinski definition) is 1. The standard InChI is InChI=1S/C22H18N2O4S/c25-18(11-10-17-13-28-21(23-17)16-4-2-1-3-5-16)15-8-6-14(7-9-15)12-19-20(26)24-22(27)29-19/h1-9,13,19H,10-12H2,(H,24,26,27). The van der Waals surface area contributed by atoms with E-state index in [1.807, 2.05) is 42.5 Å². The van der Waals surface area contributed by atoms with Crippen molar-refractivity contribution in [2.75, 3.05) is 0 Å². The number of carbonyl (C=O) groups excluding carboxylic acids is 3. The number of oxazole rings is 1. The molecule has 1 aliphatic heterocycles. The fourth-order valence-corrected chi connectivity index (χ4v) is 3.95. The van der Waals surface area contributed by atoms with Crippen LogP contribution < -0.4 is 5.32 Å². The van der Waals surface area contributed by atoms with Crippen molar-refractivity contribution in [3.8, 4) is 11.5 Å². The highest BCUT2D eigenvalue weighted by molar-refractivity contribution is 8.15. The van der Waals surface area contributed by atoms with Crippen molar-refractivity contribution in [3.63, 3.8) is 0 Å². The zero-order chi connectivity index (χ0) is 20.2. The van der Waals surface area contributed by atoms with Crippen molar-refractivity contribution < 1.29 is 18.8 Å². The predicted octanol–water partition coefficient (Wildman–Crippen LogP) is 4.05. The fraction of sp³-hybridized carbons (Fsp3) is 0.182. The molecule has 1 atom stereocenters. The van der Waals surface area contributed by atoms with Gasteiger partial charge in [-0.05, 0) is 24.1 Å². The molecule has 2 amide bonds. The molecule has 1 N–H and O–H groups in total. The van der Waals surface area contributed by atoms with Crippen molar-refractivity contribution in [3.05, 3.63) is 77.7 Å². The number of nitrogens with zero attached hydrogens (tertiary/aromatic N) is 1. The first-order chi connectivity index (χ1) is 14.1. The molecule has 1 fully saturated rings. The molecule has 4 rings (SSSR count). The second kappa shape index (κ2) is 8.45. The molecule has 0 radical (unpaired) electrons.